The molecule has 0 aliphatic rings. The summed E-state index contributed by atoms with van der Waals surface area (Å²) in [6.07, 6.45) is 3.48. The van der Waals surface area contributed by atoms with E-state index in [0.29, 0.717) is 0 Å². The number of nitrogens with two attached hydrogens (primary N) is 1. The molecule has 1 unspecified atom stereocenters. The summed E-state index contributed by atoms with van der Waals surface area (Å²) in [6.45, 7) is 0.0880. The molecule has 19 heavy (non-hydrogen) atoms. The number of aliphatic carboxylic acids is 1. The Morgan fingerprint density at radius 3 is 2.89 bits per heavy atom. The average molecular weight is 255 g/mol. The number of carboxylic acid groups (broad SMARTS) is 1. The zero-order valence-corrected chi connectivity index (χ0v) is 10.1. The summed E-state index contributed by atoms with van der Waals surface area (Å²) < 4.78 is 0. The molecule has 0 spiro atoms. The normalized spacial score (nSPS) is 12.9. The number of carbonyl (C=O) groups is 1. The zero-order chi connectivity index (χ0) is 13.4. The van der Waals surface area contributed by atoms with Crippen molar-refractivity contribution in [2.24, 2.45) is 5.73 Å². The summed E-state index contributed by atoms with van der Waals surface area (Å²) in [6, 6.07) is 7.49. The topological polar surface area (TPSA) is 92.0 Å². The Morgan fingerprint density at radius 2 is 2.16 bits per heavy atom. The van der Waals surface area contributed by atoms with E-state index in [-0.39, 0.29) is 6.54 Å². The van der Waals surface area contributed by atoms with E-state index in [4.69, 9.17) is 10.8 Å². The molecule has 0 aliphatic carbocycles. The second-order valence-corrected chi connectivity index (χ2v) is 4.48. The Morgan fingerprint density at radius 1 is 1.32 bits per heavy atom. The summed E-state index contributed by atoms with van der Waals surface area (Å²) in [5.41, 5.74) is 8.17. The predicted molar refractivity (Wildman–Crippen MR) is 73.0 cm³/mol. The highest BCUT2D eigenvalue weighted by Crippen LogP contribution is 2.27. The van der Waals surface area contributed by atoms with Crippen molar-refractivity contribution in [1.82, 2.24) is 9.97 Å². The molecule has 0 saturated heterocycles. The first-order chi connectivity index (χ1) is 9.20. The maximum Gasteiger partial charge on any atom is 0.312 e. The van der Waals surface area contributed by atoms with E-state index in [9.17, 15) is 4.79 Å². The molecular formula is C14H13N3O2. The number of rotatable bonds is 3. The van der Waals surface area contributed by atoms with Gasteiger partial charge in [-0.3, -0.25) is 9.78 Å². The number of H-pyrrole nitrogens is 1. The molecule has 4 N–H and O–H groups in total. The van der Waals surface area contributed by atoms with Gasteiger partial charge in [0.25, 0.3) is 0 Å². The SMILES string of the molecule is NCC(C(=O)O)c1ccc2[nH]c3cnccc3c2c1. The Labute approximate surface area is 109 Å². The second-order valence-electron chi connectivity index (χ2n) is 4.48. The third-order valence-corrected chi connectivity index (χ3v) is 3.36. The fourth-order valence-electron chi connectivity index (χ4n) is 2.36. The van der Waals surface area contributed by atoms with Crippen LogP contribution in [0.25, 0.3) is 21.8 Å². The second kappa shape index (κ2) is 4.37. The van der Waals surface area contributed by atoms with Crippen LogP contribution in [0.4, 0.5) is 0 Å². The van der Waals surface area contributed by atoms with Gasteiger partial charge in [-0.05, 0) is 23.8 Å². The molecule has 0 amide bonds. The number of aromatic nitrogens is 2. The molecule has 96 valence electrons. The molecule has 0 aliphatic heterocycles. The minimum atomic E-state index is -0.900. The van der Waals surface area contributed by atoms with Crippen LogP contribution in [0.3, 0.4) is 0 Å². The van der Waals surface area contributed by atoms with Gasteiger partial charge in [0.15, 0.2) is 0 Å². The number of nitrogens with one attached hydrogen (secondary N) is 1. The van der Waals surface area contributed by atoms with Crippen LogP contribution in [0.5, 0.6) is 0 Å². The highest BCUT2D eigenvalue weighted by atomic mass is 16.4. The van der Waals surface area contributed by atoms with Crippen molar-refractivity contribution in [3.8, 4) is 0 Å². The molecular weight excluding hydrogens is 242 g/mol. The Hall–Kier alpha value is -2.40. The number of nitrogens with zero attached hydrogens (tertiary/aromatic N) is 1. The molecule has 5 heteroatoms. The Kier molecular flexibility index (Phi) is 2.68. The lowest BCUT2D eigenvalue weighted by molar-refractivity contribution is -0.138. The summed E-state index contributed by atoms with van der Waals surface area (Å²) >= 11 is 0. The number of carboxylic acids is 1. The van der Waals surface area contributed by atoms with E-state index >= 15 is 0 Å². The third kappa shape index (κ3) is 1.84. The van der Waals surface area contributed by atoms with Crippen LogP contribution in [0.2, 0.25) is 0 Å². The number of benzene rings is 1. The van der Waals surface area contributed by atoms with E-state index < -0.39 is 11.9 Å². The van der Waals surface area contributed by atoms with E-state index in [1.54, 1.807) is 18.5 Å². The van der Waals surface area contributed by atoms with Crippen molar-refractivity contribution in [2.75, 3.05) is 6.54 Å². The number of pyridine rings is 1. The van der Waals surface area contributed by atoms with E-state index in [1.165, 1.54) is 0 Å². The highest BCUT2D eigenvalue weighted by molar-refractivity contribution is 6.07. The fraction of sp³-hybridized carbons (Fsp3) is 0.143. The van der Waals surface area contributed by atoms with Gasteiger partial charge in [0, 0.05) is 29.0 Å². The van der Waals surface area contributed by atoms with Crippen molar-refractivity contribution in [1.29, 1.82) is 0 Å². The minimum absolute atomic E-state index is 0.0880. The molecule has 0 bridgehead atoms. The molecule has 0 fully saturated rings. The standard InChI is InChI=1S/C14H13N3O2/c15-6-11(14(18)19)8-1-2-12-10(5-8)9-3-4-16-7-13(9)17-12/h1-5,7,11,17H,6,15H2,(H,18,19). The number of hydrogen-bond acceptors (Lipinski definition) is 3. The minimum Gasteiger partial charge on any atom is -0.481 e. The number of aromatic amines is 1. The Bertz CT molecular complexity index is 764. The lowest BCUT2D eigenvalue weighted by Crippen LogP contribution is -2.20. The van der Waals surface area contributed by atoms with Crippen molar-refractivity contribution in [3.05, 3.63) is 42.2 Å². The average Bonchev–Trinajstić information content (AvgIpc) is 2.77. The van der Waals surface area contributed by atoms with Crippen LogP contribution in [0.15, 0.2) is 36.7 Å². The predicted octanol–water partition coefficient (Wildman–Crippen LogP) is 1.84. The first-order valence-electron chi connectivity index (χ1n) is 5.99. The molecule has 1 aromatic carbocycles. The quantitative estimate of drug-likeness (QED) is 0.666. The number of fused-ring (bicyclic) bond motifs is 3. The molecule has 5 nitrogen and oxygen atoms in total. The van der Waals surface area contributed by atoms with E-state index in [2.05, 4.69) is 9.97 Å². The largest absolute Gasteiger partial charge is 0.481 e. The summed E-state index contributed by atoms with van der Waals surface area (Å²) in [4.78, 5) is 18.5. The fourth-order valence-corrected chi connectivity index (χ4v) is 2.36. The van der Waals surface area contributed by atoms with Gasteiger partial charge < -0.3 is 15.8 Å². The van der Waals surface area contributed by atoms with Crippen molar-refractivity contribution in [2.45, 2.75) is 5.92 Å². The first kappa shape index (κ1) is 11.7. The van der Waals surface area contributed by atoms with Gasteiger partial charge in [-0.15, -0.1) is 0 Å². The van der Waals surface area contributed by atoms with Crippen molar-refractivity contribution >= 4 is 27.8 Å². The molecule has 2 aromatic heterocycles. The monoisotopic (exact) mass is 255 g/mol. The summed E-state index contributed by atoms with van der Waals surface area (Å²) in [7, 11) is 0. The lowest BCUT2D eigenvalue weighted by Gasteiger charge is -2.09. The molecule has 3 rings (SSSR count). The molecule has 2 heterocycles. The van der Waals surface area contributed by atoms with Gasteiger partial charge in [-0.2, -0.15) is 0 Å². The maximum absolute atomic E-state index is 11.2. The van der Waals surface area contributed by atoms with Crippen LogP contribution < -0.4 is 5.73 Å². The molecule has 3 aromatic rings. The van der Waals surface area contributed by atoms with Crippen LogP contribution in [0, 0.1) is 0 Å². The smallest absolute Gasteiger partial charge is 0.312 e. The van der Waals surface area contributed by atoms with Gasteiger partial charge in [0.2, 0.25) is 0 Å². The summed E-state index contributed by atoms with van der Waals surface area (Å²) in [5.74, 6) is -1.57. The highest BCUT2D eigenvalue weighted by Gasteiger charge is 2.18. The molecule has 1 atom stereocenters. The lowest BCUT2D eigenvalue weighted by atomic mass is 9.97. The van der Waals surface area contributed by atoms with Gasteiger partial charge in [-0.25, -0.2) is 0 Å². The van der Waals surface area contributed by atoms with E-state index in [1.807, 2.05) is 18.2 Å². The van der Waals surface area contributed by atoms with Crippen LogP contribution in [0.1, 0.15) is 11.5 Å². The van der Waals surface area contributed by atoms with Gasteiger partial charge in [-0.1, -0.05) is 6.07 Å². The van der Waals surface area contributed by atoms with Crippen LogP contribution in [-0.2, 0) is 4.79 Å². The summed E-state index contributed by atoms with van der Waals surface area (Å²) in [5, 5.41) is 11.2. The molecule has 0 radical (unpaired) electrons. The van der Waals surface area contributed by atoms with E-state index in [0.717, 1.165) is 27.4 Å². The van der Waals surface area contributed by atoms with Crippen molar-refractivity contribution < 1.29 is 9.90 Å². The Balaban J connectivity index is 2.24. The third-order valence-electron chi connectivity index (χ3n) is 3.36. The van der Waals surface area contributed by atoms with Gasteiger partial charge in [0.05, 0.1) is 17.6 Å². The first-order valence-corrected chi connectivity index (χ1v) is 5.99. The van der Waals surface area contributed by atoms with Crippen LogP contribution in [-0.4, -0.2) is 27.6 Å². The van der Waals surface area contributed by atoms with Gasteiger partial charge in [0.1, 0.15) is 0 Å². The zero-order valence-electron chi connectivity index (χ0n) is 10.1. The van der Waals surface area contributed by atoms with Crippen molar-refractivity contribution in [3.63, 3.8) is 0 Å². The molecule has 0 saturated carbocycles. The van der Waals surface area contributed by atoms with Gasteiger partial charge >= 0.3 is 5.97 Å². The van der Waals surface area contributed by atoms with Crippen LogP contribution >= 0.6 is 0 Å². The maximum atomic E-state index is 11.2. The number of hydrogen-bond donors (Lipinski definition) is 3.